The summed E-state index contributed by atoms with van der Waals surface area (Å²) in [7, 11) is 0. The SMILES string of the molecule is O=C(O)CCN(O)CC(=O)O. The zero-order valence-electron chi connectivity index (χ0n) is 5.73. The van der Waals surface area contributed by atoms with E-state index in [1.165, 1.54) is 0 Å². The van der Waals surface area contributed by atoms with Crippen molar-refractivity contribution in [2.75, 3.05) is 13.1 Å². The molecule has 3 N–H and O–H groups in total. The minimum Gasteiger partial charge on any atom is -0.481 e. The van der Waals surface area contributed by atoms with Crippen molar-refractivity contribution in [3.05, 3.63) is 0 Å². The van der Waals surface area contributed by atoms with Crippen LogP contribution in [0.1, 0.15) is 6.42 Å². The second-order valence-corrected chi connectivity index (χ2v) is 1.93. The highest BCUT2D eigenvalue weighted by Gasteiger charge is 2.07. The fourth-order valence-electron chi connectivity index (χ4n) is 0.460. The van der Waals surface area contributed by atoms with Gasteiger partial charge >= 0.3 is 11.9 Å². The number of nitrogens with zero attached hydrogens (tertiary/aromatic N) is 1. The van der Waals surface area contributed by atoms with Crippen molar-refractivity contribution in [2.24, 2.45) is 0 Å². The molecule has 0 fully saturated rings. The maximum atomic E-state index is 9.91. The van der Waals surface area contributed by atoms with Crippen LogP contribution in [0.15, 0.2) is 0 Å². The van der Waals surface area contributed by atoms with Crippen molar-refractivity contribution in [1.82, 2.24) is 5.06 Å². The minimum absolute atomic E-state index is 0.179. The van der Waals surface area contributed by atoms with Crippen LogP contribution < -0.4 is 0 Å². The van der Waals surface area contributed by atoms with Crippen molar-refractivity contribution in [2.45, 2.75) is 6.42 Å². The zero-order chi connectivity index (χ0) is 8.85. The Morgan fingerprint density at radius 1 is 1.18 bits per heavy atom. The van der Waals surface area contributed by atoms with Crippen molar-refractivity contribution in [3.8, 4) is 0 Å². The predicted molar refractivity (Wildman–Crippen MR) is 33.2 cm³/mol. The molecule has 64 valence electrons. The Balaban J connectivity index is 3.44. The molecule has 0 radical (unpaired) electrons. The van der Waals surface area contributed by atoms with Gasteiger partial charge in [-0.1, -0.05) is 0 Å². The highest BCUT2D eigenvalue weighted by atomic mass is 16.5. The van der Waals surface area contributed by atoms with E-state index in [0.717, 1.165) is 0 Å². The molecule has 0 rings (SSSR count). The van der Waals surface area contributed by atoms with Gasteiger partial charge in [0.2, 0.25) is 0 Å². The molecule has 0 spiro atoms. The topological polar surface area (TPSA) is 98.1 Å². The Kier molecular flexibility index (Phi) is 4.16. The number of carboxylic acid groups (broad SMARTS) is 2. The molecule has 0 bridgehead atoms. The second kappa shape index (κ2) is 4.64. The number of hydrogen-bond donors (Lipinski definition) is 3. The molecule has 0 aliphatic carbocycles. The van der Waals surface area contributed by atoms with Gasteiger partial charge in [0.1, 0.15) is 6.54 Å². The first-order valence-electron chi connectivity index (χ1n) is 2.90. The molecule has 0 aromatic carbocycles. The van der Waals surface area contributed by atoms with E-state index < -0.39 is 18.5 Å². The molecule has 0 atom stereocenters. The van der Waals surface area contributed by atoms with Crippen LogP contribution in [-0.4, -0.2) is 45.5 Å². The summed E-state index contributed by atoms with van der Waals surface area (Å²) in [6, 6.07) is 0. The van der Waals surface area contributed by atoms with E-state index in [0.29, 0.717) is 5.06 Å². The molecule has 0 saturated heterocycles. The Hall–Kier alpha value is -1.14. The van der Waals surface area contributed by atoms with Gasteiger partial charge in [0.25, 0.3) is 0 Å². The first kappa shape index (κ1) is 9.86. The van der Waals surface area contributed by atoms with Crippen LogP contribution in [0.5, 0.6) is 0 Å². The van der Waals surface area contributed by atoms with Gasteiger partial charge in [0.05, 0.1) is 6.42 Å². The highest BCUT2D eigenvalue weighted by molar-refractivity contribution is 5.69. The molecule has 11 heavy (non-hydrogen) atoms. The van der Waals surface area contributed by atoms with Crippen LogP contribution >= 0.6 is 0 Å². The first-order valence-corrected chi connectivity index (χ1v) is 2.90. The largest absolute Gasteiger partial charge is 0.481 e. The summed E-state index contributed by atoms with van der Waals surface area (Å²) in [5.41, 5.74) is 0. The average molecular weight is 163 g/mol. The number of aliphatic carboxylic acids is 2. The molecular weight excluding hydrogens is 154 g/mol. The molecule has 0 saturated carbocycles. The number of hydroxylamine groups is 2. The van der Waals surface area contributed by atoms with E-state index in [2.05, 4.69) is 0 Å². The van der Waals surface area contributed by atoms with Crippen LogP contribution in [0.3, 0.4) is 0 Å². The summed E-state index contributed by atoms with van der Waals surface area (Å²) in [6.07, 6.45) is -0.274. The lowest BCUT2D eigenvalue weighted by atomic mass is 10.4. The molecule has 6 heteroatoms. The normalized spacial score (nSPS) is 10.0. The Bertz CT molecular complexity index is 157. The lowest BCUT2D eigenvalue weighted by molar-refractivity contribution is -0.156. The molecule has 0 aliphatic heterocycles. The maximum Gasteiger partial charge on any atom is 0.320 e. The quantitative estimate of drug-likeness (QED) is 0.460. The predicted octanol–water partition coefficient (Wildman–Crippen LogP) is -0.763. The van der Waals surface area contributed by atoms with E-state index in [-0.39, 0.29) is 13.0 Å². The Morgan fingerprint density at radius 2 is 1.73 bits per heavy atom. The van der Waals surface area contributed by atoms with Crippen LogP contribution in [0.2, 0.25) is 0 Å². The summed E-state index contributed by atoms with van der Waals surface area (Å²) >= 11 is 0. The van der Waals surface area contributed by atoms with Gasteiger partial charge < -0.3 is 15.4 Å². The van der Waals surface area contributed by atoms with Crippen LogP contribution in [0.25, 0.3) is 0 Å². The standard InChI is InChI=1S/C5H9NO5/c7-4(8)1-2-6(11)3-5(9)10/h11H,1-3H2,(H,7,8)(H,9,10). The molecule has 6 nitrogen and oxygen atoms in total. The summed E-state index contributed by atoms with van der Waals surface area (Å²) in [5.74, 6) is -2.27. The van der Waals surface area contributed by atoms with E-state index >= 15 is 0 Å². The van der Waals surface area contributed by atoms with Gasteiger partial charge in [-0.25, -0.2) is 0 Å². The van der Waals surface area contributed by atoms with Gasteiger partial charge in [0.15, 0.2) is 0 Å². The van der Waals surface area contributed by atoms with Crippen LogP contribution in [-0.2, 0) is 9.59 Å². The molecule has 0 heterocycles. The maximum absolute atomic E-state index is 9.91. The van der Waals surface area contributed by atoms with Gasteiger partial charge in [-0.3, -0.25) is 9.59 Å². The summed E-state index contributed by atoms with van der Waals surface area (Å²) in [4.78, 5) is 19.8. The van der Waals surface area contributed by atoms with Gasteiger partial charge in [-0.05, 0) is 0 Å². The zero-order valence-corrected chi connectivity index (χ0v) is 5.73. The Labute approximate surface area is 62.6 Å². The molecule has 0 aliphatic rings. The fraction of sp³-hybridized carbons (Fsp3) is 0.600. The molecule has 0 amide bonds. The lowest BCUT2D eigenvalue weighted by Gasteiger charge is -2.08. The molecule has 0 aromatic heterocycles. The summed E-state index contributed by atoms with van der Waals surface area (Å²) < 4.78 is 0. The number of rotatable bonds is 5. The first-order chi connectivity index (χ1) is 5.02. The Morgan fingerprint density at radius 3 is 2.09 bits per heavy atom. The smallest absolute Gasteiger partial charge is 0.320 e. The van der Waals surface area contributed by atoms with Crippen molar-refractivity contribution in [1.29, 1.82) is 0 Å². The van der Waals surface area contributed by atoms with Gasteiger partial charge in [0, 0.05) is 6.54 Å². The summed E-state index contributed by atoms with van der Waals surface area (Å²) in [6.45, 7) is -0.741. The lowest BCUT2D eigenvalue weighted by Crippen LogP contribution is -2.28. The van der Waals surface area contributed by atoms with Crippen molar-refractivity contribution in [3.63, 3.8) is 0 Å². The van der Waals surface area contributed by atoms with E-state index in [1.54, 1.807) is 0 Å². The number of carboxylic acids is 2. The number of hydrogen-bond acceptors (Lipinski definition) is 4. The average Bonchev–Trinajstić information content (AvgIpc) is 1.82. The van der Waals surface area contributed by atoms with Crippen molar-refractivity contribution < 1.29 is 25.0 Å². The highest BCUT2D eigenvalue weighted by Crippen LogP contribution is 1.85. The molecular formula is C5H9NO5. The van der Waals surface area contributed by atoms with Crippen LogP contribution in [0.4, 0.5) is 0 Å². The van der Waals surface area contributed by atoms with Gasteiger partial charge in [-0.2, -0.15) is 5.06 Å². The fourth-order valence-corrected chi connectivity index (χ4v) is 0.460. The van der Waals surface area contributed by atoms with E-state index in [9.17, 15) is 9.59 Å². The third-order valence-electron chi connectivity index (χ3n) is 0.902. The molecule has 0 aromatic rings. The molecule has 0 unspecified atom stereocenters. The summed E-state index contributed by atoms with van der Waals surface area (Å²) in [5, 5.41) is 25.3. The van der Waals surface area contributed by atoms with E-state index in [1.807, 2.05) is 0 Å². The third-order valence-corrected chi connectivity index (χ3v) is 0.902. The third kappa shape index (κ3) is 6.75. The van der Waals surface area contributed by atoms with Crippen molar-refractivity contribution >= 4 is 11.9 Å². The van der Waals surface area contributed by atoms with Gasteiger partial charge in [-0.15, -0.1) is 0 Å². The monoisotopic (exact) mass is 163 g/mol. The minimum atomic E-state index is -1.20. The van der Waals surface area contributed by atoms with E-state index in [4.69, 9.17) is 15.4 Å². The number of carbonyl (C=O) groups is 2. The van der Waals surface area contributed by atoms with Crippen LogP contribution in [0, 0.1) is 0 Å². The second-order valence-electron chi connectivity index (χ2n) is 1.93.